The summed E-state index contributed by atoms with van der Waals surface area (Å²) in [5.41, 5.74) is 6.32. The summed E-state index contributed by atoms with van der Waals surface area (Å²) >= 11 is 1.63. The lowest BCUT2D eigenvalue weighted by Gasteiger charge is -2.06. The fourth-order valence-corrected chi connectivity index (χ4v) is 2.43. The molecule has 0 radical (unpaired) electrons. The van der Waals surface area contributed by atoms with Crippen LogP contribution in [0.2, 0.25) is 0 Å². The Kier molecular flexibility index (Phi) is 5.10. The number of hydrogen-bond acceptors (Lipinski definition) is 3. The van der Waals surface area contributed by atoms with Gasteiger partial charge in [0, 0.05) is 16.3 Å². The summed E-state index contributed by atoms with van der Waals surface area (Å²) in [6.07, 6.45) is 0.908. The fraction of sp³-hybridized carbons (Fsp3) is 0.200. The molecule has 0 saturated carbocycles. The van der Waals surface area contributed by atoms with Gasteiger partial charge in [0.2, 0.25) is 0 Å². The minimum Gasteiger partial charge on any atom is -0.494 e. The van der Waals surface area contributed by atoms with Gasteiger partial charge in [-0.3, -0.25) is 0 Å². The molecule has 0 atom stereocenters. The minimum atomic E-state index is -0.192. The van der Waals surface area contributed by atoms with Crippen LogP contribution in [0.4, 0.5) is 10.1 Å². The van der Waals surface area contributed by atoms with E-state index in [-0.39, 0.29) is 5.82 Å². The third-order valence-corrected chi connectivity index (χ3v) is 3.58. The number of halogens is 1. The first kappa shape index (κ1) is 13.7. The Morgan fingerprint density at radius 3 is 2.63 bits per heavy atom. The van der Waals surface area contributed by atoms with Crippen LogP contribution in [0.25, 0.3) is 0 Å². The van der Waals surface area contributed by atoms with Gasteiger partial charge in [-0.2, -0.15) is 0 Å². The third-order valence-electron chi connectivity index (χ3n) is 2.50. The van der Waals surface area contributed by atoms with Gasteiger partial charge in [0.05, 0.1) is 6.61 Å². The van der Waals surface area contributed by atoms with Crippen LogP contribution in [0.15, 0.2) is 53.4 Å². The highest BCUT2D eigenvalue weighted by Gasteiger charge is 1.97. The van der Waals surface area contributed by atoms with Crippen molar-refractivity contribution in [1.29, 1.82) is 0 Å². The van der Waals surface area contributed by atoms with Gasteiger partial charge in [-0.25, -0.2) is 4.39 Å². The molecule has 2 N–H and O–H groups in total. The molecule has 2 rings (SSSR count). The average molecular weight is 277 g/mol. The molecule has 0 aliphatic rings. The monoisotopic (exact) mass is 277 g/mol. The standard InChI is InChI=1S/C15H16FNOS/c16-12-3-1-4-15(11-12)19-10-2-9-18-14-7-5-13(17)6-8-14/h1,3-8,11H,2,9-10,17H2. The van der Waals surface area contributed by atoms with Gasteiger partial charge in [-0.1, -0.05) is 6.07 Å². The van der Waals surface area contributed by atoms with E-state index in [0.717, 1.165) is 28.5 Å². The third kappa shape index (κ3) is 4.83. The summed E-state index contributed by atoms with van der Waals surface area (Å²) in [4.78, 5) is 0.951. The van der Waals surface area contributed by atoms with Crippen LogP contribution >= 0.6 is 11.8 Å². The van der Waals surface area contributed by atoms with Crippen LogP contribution in [0.5, 0.6) is 5.75 Å². The van der Waals surface area contributed by atoms with Crippen molar-refractivity contribution >= 4 is 17.4 Å². The zero-order valence-electron chi connectivity index (χ0n) is 10.5. The van der Waals surface area contributed by atoms with Gasteiger partial charge >= 0.3 is 0 Å². The van der Waals surface area contributed by atoms with Crippen LogP contribution in [0.3, 0.4) is 0 Å². The Morgan fingerprint density at radius 1 is 1.11 bits per heavy atom. The van der Waals surface area contributed by atoms with Crippen molar-refractivity contribution in [1.82, 2.24) is 0 Å². The van der Waals surface area contributed by atoms with Gasteiger partial charge in [0.1, 0.15) is 11.6 Å². The number of nitrogens with two attached hydrogens (primary N) is 1. The molecular weight excluding hydrogens is 261 g/mol. The number of hydrogen-bond donors (Lipinski definition) is 1. The molecule has 2 nitrogen and oxygen atoms in total. The Balaban J connectivity index is 1.66. The largest absolute Gasteiger partial charge is 0.494 e. The lowest BCUT2D eigenvalue weighted by atomic mass is 10.3. The Bertz CT molecular complexity index is 516. The van der Waals surface area contributed by atoms with E-state index in [1.165, 1.54) is 6.07 Å². The van der Waals surface area contributed by atoms with Crippen LogP contribution in [-0.4, -0.2) is 12.4 Å². The van der Waals surface area contributed by atoms with Crippen molar-refractivity contribution in [2.75, 3.05) is 18.1 Å². The fourth-order valence-electron chi connectivity index (χ4n) is 1.56. The molecule has 0 heterocycles. The van der Waals surface area contributed by atoms with Gasteiger partial charge in [-0.15, -0.1) is 11.8 Å². The number of thioether (sulfide) groups is 1. The van der Waals surface area contributed by atoms with E-state index in [0.29, 0.717) is 6.61 Å². The van der Waals surface area contributed by atoms with Crippen molar-refractivity contribution in [2.45, 2.75) is 11.3 Å². The maximum atomic E-state index is 12.9. The maximum absolute atomic E-state index is 12.9. The van der Waals surface area contributed by atoms with Crippen molar-refractivity contribution in [2.24, 2.45) is 0 Å². The van der Waals surface area contributed by atoms with Crippen molar-refractivity contribution in [3.8, 4) is 5.75 Å². The molecule has 0 aliphatic heterocycles. The highest BCUT2D eigenvalue weighted by atomic mass is 32.2. The molecule has 0 aromatic heterocycles. The SMILES string of the molecule is Nc1ccc(OCCCSc2cccc(F)c2)cc1. The number of rotatable bonds is 6. The second-order valence-corrected chi connectivity index (χ2v) is 5.25. The molecule has 0 unspecified atom stereocenters. The second kappa shape index (κ2) is 7.04. The Morgan fingerprint density at radius 2 is 1.89 bits per heavy atom. The van der Waals surface area contributed by atoms with Crippen LogP contribution in [0.1, 0.15) is 6.42 Å². The maximum Gasteiger partial charge on any atom is 0.124 e. The molecule has 0 fully saturated rings. The summed E-state index contributed by atoms with van der Waals surface area (Å²) in [6, 6.07) is 14.0. The van der Waals surface area contributed by atoms with Gasteiger partial charge in [0.15, 0.2) is 0 Å². The molecule has 4 heteroatoms. The Hall–Kier alpha value is -1.68. The van der Waals surface area contributed by atoms with Crippen molar-refractivity contribution < 1.29 is 9.13 Å². The molecule has 0 spiro atoms. The van der Waals surface area contributed by atoms with E-state index in [1.54, 1.807) is 23.9 Å². The molecule has 2 aromatic carbocycles. The minimum absolute atomic E-state index is 0.192. The van der Waals surface area contributed by atoms with E-state index in [4.69, 9.17) is 10.5 Å². The number of anilines is 1. The normalized spacial score (nSPS) is 10.4. The van der Waals surface area contributed by atoms with Gasteiger partial charge in [0.25, 0.3) is 0 Å². The van der Waals surface area contributed by atoms with Crippen LogP contribution < -0.4 is 10.5 Å². The van der Waals surface area contributed by atoms with Crippen molar-refractivity contribution in [3.05, 3.63) is 54.3 Å². The summed E-state index contributed by atoms with van der Waals surface area (Å²) in [5.74, 6) is 1.53. The molecule has 0 saturated heterocycles. The number of nitrogen functional groups attached to an aromatic ring is 1. The average Bonchev–Trinajstić information content (AvgIpc) is 2.41. The van der Waals surface area contributed by atoms with E-state index in [9.17, 15) is 4.39 Å². The topological polar surface area (TPSA) is 35.2 Å². The van der Waals surface area contributed by atoms with E-state index in [2.05, 4.69) is 0 Å². The summed E-state index contributed by atoms with van der Waals surface area (Å²) in [7, 11) is 0. The molecule has 19 heavy (non-hydrogen) atoms. The van der Waals surface area contributed by atoms with E-state index >= 15 is 0 Å². The first-order valence-corrected chi connectivity index (χ1v) is 7.09. The lowest BCUT2D eigenvalue weighted by molar-refractivity contribution is 0.319. The molecule has 0 aliphatic carbocycles. The summed E-state index contributed by atoms with van der Waals surface area (Å²) in [6.45, 7) is 0.645. The van der Waals surface area contributed by atoms with Crippen molar-refractivity contribution in [3.63, 3.8) is 0 Å². The van der Waals surface area contributed by atoms with E-state index in [1.807, 2.05) is 30.3 Å². The summed E-state index contributed by atoms with van der Waals surface area (Å²) < 4.78 is 18.5. The highest BCUT2D eigenvalue weighted by molar-refractivity contribution is 7.99. The number of ether oxygens (including phenoxy) is 1. The smallest absolute Gasteiger partial charge is 0.124 e. The number of benzene rings is 2. The van der Waals surface area contributed by atoms with E-state index < -0.39 is 0 Å². The lowest BCUT2D eigenvalue weighted by Crippen LogP contribution is -1.98. The highest BCUT2D eigenvalue weighted by Crippen LogP contribution is 2.19. The molecule has 2 aromatic rings. The first-order valence-electron chi connectivity index (χ1n) is 6.11. The predicted octanol–water partition coefficient (Wildman–Crippen LogP) is 3.97. The molecular formula is C15H16FNOS. The first-order chi connectivity index (χ1) is 9.24. The van der Waals surface area contributed by atoms with Gasteiger partial charge in [-0.05, 0) is 48.9 Å². The molecule has 0 bridgehead atoms. The zero-order chi connectivity index (χ0) is 13.5. The molecule has 0 amide bonds. The summed E-state index contributed by atoms with van der Waals surface area (Å²) in [5, 5.41) is 0. The zero-order valence-corrected chi connectivity index (χ0v) is 11.3. The predicted molar refractivity (Wildman–Crippen MR) is 78.1 cm³/mol. The Labute approximate surface area is 116 Å². The van der Waals surface area contributed by atoms with Crippen LogP contribution in [0, 0.1) is 5.82 Å². The second-order valence-electron chi connectivity index (χ2n) is 4.08. The van der Waals surface area contributed by atoms with Gasteiger partial charge < -0.3 is 10.5 Å². The quantitative estimate of drug-likeness (QED) is 0.493. The van der Waals surface area contributed by atoms with Crippen LogP contribution in [-0.2, 0) is 0 Å². The molecule has 100 valence electrons.